The van der Waals surface area contributed by atoms with Gasteiger partial charge in [-0.15, -0.1) is 0 Å². The Morgan fingerprint density at radius 1 is 1.45 bits per heavy atom. The van der Waals surface area contributed by atoms with Crippen molar-refractivity contribution in [1.29, 1.82) is 5.26 Å². The first-order valence-electron chi connectivity index (χ1n) is 7.24. The Hall–Kier alpha value is -2.26. The van der Waals surface area contributed by atoms with Crippen molar-refractivity contribution in [3.8, 4) is 17.5 Å². The topological polar surface area (TPSA) is 66.0 Å². The SMILES string of the molecule is CCN(Cc1nc(-c2ccc(C)c(F)c2)no1)C[C@H](C)C#N. The summed E-state index contributed by atoms with van der Waals surface area (Å²) in [6.07, 6.45) is 0. The van der Waals surface area contributed by atoms with Crippen LogP contribution in [-0.2, 0) is 6.54 Å². The maximum absolute atomic E-state index is 13.6. The van der Waals surface area contributed by atoms with Crippen molar-refractivity contribution in [2.24, 2.45) is 5.92 Å². The summed E-state index contributed by atoms with van der Waals surface area (Å²) in [7, 11) is 0. The number of halogens is 1. The van der Waals surface area contributed by atoms with Crippen LogP contribution in [0.1, 0.15) is 25.3 Å². The summed E-state index contributed by atoms with van der Waals surface area (Å²) >= 11 is 0. The maximum Gasteiger partial charge on any atom is 0.241 e. The van der Waals surface area contributed by atoms with Crippen LogP contribution in [0.5, 0.6) is 0 Å². The molecular weight excluding hydrogens is 283 g/mol. The van der Waals surface area contributed by atoms with E-state index < -0.39 is 0 Å². The zero-order chi connectivity index (χ0) is 16.1. The third kappa shape index (κ3) is 3.89. The van der Waals surface area contributed by atoms with Crippen LogP contribution in [0.2, 0.25) is 0 Å². The molecule has 0 N–H and O–H groups in total. The van der Waals surface area contributed by atoms with E-state index in [4.69, 9.17) is 9.78 Å². The highest BCUT2D eigenvalue weighted by molar-refractivity contribution is 5.54. The van der Waals surface area contributed by atoms with E-state index in [1.54, 1.807) is 19.1 Å². The molecule has 0 unspecified atom stereocenters. The third-order valence-corrected chi connectivity index (χ3v) is 3.46. The van der Waals surface area contributed by atoms with Gasteiger partial charge < -0.3 is 4.52 Å². The molecule has 116 valence electrons. The molecule has 0 bridgehead atoms. The van der Waals surface area contributed by atoms with E-state index in [-0.39, 0.29) is 11.7 Å². The van der Waals surface area contributed by atoms with Gasteiger partial charge in [0.15, 0.2) is 0 Å². The number of hydrogen-bond acceptors (Lipinski definition) is 5. The maximum atomic E-state index is 13.6. The Balaban J connectivity index is 2.10. The molecule has 0 amide bonds. The molecule has 0 spiro atoms. The number of nitrogens with zero attached hydrogens (tertiary/aromatic N) is 4. The lowest BCUT2D eigenvalue weighted by atomic mass is 10.1. The van der Waals surface area contributed by atoms with Crippen LogP contribution in [0.15, 0.2) is 22.7 Å². The van der Waals surface area contributed by atoms with Crippen LogP contribution in [0, 0.1) is 30.0 Å². The largest absolute Gasteiger partial charge is 0.338 e. The van der Waals surface area contributed by atoms with Crippen molar-refractivity contribution in [2.75, 3.05) is 13.1 Å². The number of hydrogen-bond donors (Lipinski definition) is 0. The Labute approximate surface area is 129 Å². The van der Waals surface area contributed by atoms with Gasteiger partial charge in [-0.3, -0.25) is 4.90 Å². The number of aromatic nitrogens is 2. The lowest BCUT2D eigenvalue weighted by Crippen LogP contribution is -2.27. The monoisotopic (exact) mass is 302 g/mol. The first-order valence-corrected chi connectivity index (χ1v) is 7.24. The van der Waals surface area contributed by atoms with Gasteiger partial charge in [0.1, 0.15) is 5.82 Å². The second-order valence-corrected chi connectivity index (χ2v) is 5.33. The number of aryl methyl sites for hydroxylation is 1. The van der Waals surface area contributed by atoms with E-state index in [1.165, 1.54) is 6.07 Å². The molecule has 1 aromatic heterocycles. The minimum atomic E-state index is -0.290. The number of rotatable bonds is 6. The van der Waals surface area contributed by atoms with Gasteiger partial charge in [0.2, 0.25) is 11.7 Å². The normalized spacial score (nSPS) is 12.4. The van der Waals surface area contributed by atoms with Crippen LogP contribution in [-0.4, -0.2) is 28.1 Å². The van der Waals surface area contributed by atoms with Gasteiger partial charge >= 0.3 is 0 Å². The predicted octanol–water partition coefficient (Wildman–Crippen LogP) is 3.17. The molecule has 1 heterocycles. The molecule has 1 aromatic carbocycles. The van der Waals surface area contributed by atoms with Crippen molar-refractivity contribution in [3.63, 3.8) is 0 Å². The van der Waals surface area contributed by atoms with Crippen molar-refractivity contribution in [1.82, 2.24) is 15.0 Å². The van der Waals surface area contributed by atoms with Crippen LogP contribution in [0.25, 0.3) is 11.4 Å². The van der Waals surface area contributed by atoms with Gasteiger partial charge in [0, 0.05) is 12.1 Å². The van der Waals surface area contributed by atoms with Crippen molar-refractivity contribution in [3.05, 3.63) is 35.5 Å². The molecule has 0 aliphatic carbocycles. The molecule has 0 fully saturated rings. The molecule has 6 heteroatoms. The first-order chi connectivity index (χ1) is 10.5. The molecule has 0 saturated carbocycles. The zero-order valence-electron chi connectivity index (χ0n) is 13.0. The van der Waals surface area contributed by atoms with Gasteiger partial charge in [0.05, 0.1) is 18.5 Å². The summed E-state index contributed by atoms with van der Waals surface area (Å²) in [5.41, 5.74) is 1.17. The van der Waals surface area contributed by atoms with E-state index in [2.05, 4.69) is 21.1 Å². The van der Waals surface area contributed by atoms with Gasteiger partial charge in [-0.1, -0.05) is 24.2 Å². The fourth-order valence-electron chi connectivity index (χ4n) is 2.09. The number of nitriles is 1. The van der Waals surface area contributed by atoms with Crippen molar-refractivity contribution in [2.45, 2.75) is 27.3 Å². The van der Waals surface area contributed by atoms with Crippen LogP contribution in [0.3, 0.4) is 0 Å². The average Bonchev–Trinajstić information content (AvgIpc) is 2.97. The predicted molar refractivity (Wildman–Crippen MR) is 80.2 cm³/mol. The fraction of sp³-hybridized carbons (Fsp3) is 0.438. The minimum absolute atomic E-state index is 0.0615. The molecule has 0 radical (unpaired) electrons. The summed E-state index contributed by atoms with van der Waals surface area (Å²) < 4.78 is 18.8. The van der Waals surface area contributed by atoms with Gasteiger partial charge in [-0.2, -0.15) is 10.2 Å². The standard InChI is InChI=1S/C16H19FN4O/c1-4-21(9-11(2)8-18)10-15-19-16(20-22-15)13-6-5-12(3)14(17)7-13/h5-7,11H,4,9-10H2,1-3H3/t11-/m1/s1. The summed E-state index contributed by atoms with van der Waals surface area (Å²) in [4.78, 5) is 6.36. The summed E-state index contributed by atoms with van der Waals surface area (Å²) in [6.45, 7) is 7.49. The second kappa shape index (κ2) is 7.14. The van der Waals surface area contributed by atoms with Crippen LogP contribution in [0.4, 0.5) is 4.39 Å². The molecule has 0 saturated heterocycles. The summed E-state index contributed by atoms with van der Waals surface area (Å²) in [6, 6.07) is 7.06. The van der Waals surface area contributed by atoms with Gasteiger partial charge in [0.25, 0.3) is 0 Å². The number of benzene rings is 1. The van der Waals surface area contributed by atoms with Crippen molar-refractivity contribution < 1.29 is 8.91 Å². The Morgan fingerprint density at radius 2 is 2.23 bits per heavy atom. The summed E-state index contributed by atoms with van der Waals surface area (Å²) in [5, 5.41) is 12.8. The Bertz CT molecular complexity index is 677. The van der Waals surface area contributed by atoms with Crippen LogP contribution < -0.4 is 0 Å². The van der Waals surface area contributed by atoms with E-state index >= 15 is 0 Å². The molecular formula is C16H19FN4O. The second-order valence-electron chi connectivity index (χ2n) is 5.33. The van der Waals surface area contributed by atoms with E-state index in [1.807, 2.05) is 13.8 Å². The highest BCUT2D eigenvalue weighted by Crippen LogP contribution is 2.19. The molecule has 22 heavy (non-hydrogen) atoms. The van der Waals surface area contributed by atoms with Crippen LogP contribution >= 0.6 is 0 Å². The minimum Gasteiger partial charge on any atom is -0.338 e. The van der Waals surface area contributed by atoms with Gasteiger partial charge in [-0.25, -0.2) is 4.39 Å². The molecule has 1 atom stereocenters. The lowest BCUT2D eigenvalue weighted by molar-refractivity contribution is 0.223. The molecule has 5 nitrogen and oxygen atoms in total. The first kappa shape index (κ1) is 16.1. The molecule has 2 rings (SSSR count). The molecule has 0 aliphatic rings. The van der Waals surface area contributed by atoms with Crippen molar-refractivity contribution >= 4 is 0 Å². The third-order valence-electron chi connectivity index (χ3n) is 3.46. The lowest BCUT2D eigenvalue weighted by Gasteiger charge is -2.18. The summed E-state index contributed by atoms with van der Waals surface area (Å²) in [5.74, 6) is 0.483. The molecule has 0 aliphatic heterocycles. The quantitative estimate of drug-likeness (QED) is 0.820. The Kier molecular flexibility index (Phi) is 5.23. The zero-order valence-corrected chi connectivity index (χ0v) is 13.0. The van der Waals surface area contributed by atoms with E-state index in [0.717, 1.165) is 6.54 Å². The average molecular weight is 302 g/mol. The molecule has 2 aromatic rings. The smallest absolute Gasteiger partial charge is 0.241 e. The Morgan fingerprint density at radius 3 is 2.86 bits per heavy atom. The highest BCUT2D eigenvalue weighted by Gasteiger charge is 2.14. The van der Waals surface area contributed by atoms with E-state index in [0.29, 0.717) is 35.9 Å². The highest BCUT2D eigenvalue weighted by atomic mass is 19.1. The van der Waals surface area contributed by atoms with E-state index in [9.17, 15) is 4.39 Å². The fourth-order valence-corrected chi connectivity index (χ4v) is 2.09. The van der Waals surface area contributed by atoms with Gasteiger partial charge in [-0.05, 0) is 32.0 Å².